The topological polar surface area (TPSA) is 78.9 Å². The first-order valence-electron chi connectivity index (χ1n) is 6.12. The number of nitrogens with zero attached hydrogens (tertiary/aromatic N) is 3. The van der Waals surface area contributed by atoms with E-state index in [0.717, 1.165) is 24.7 Å². The van der Waals surface area contributed by atoms with E-state index in [1.54, 1.807) is 6.07 Å². The van der Waals surface area contributed by atoms with E-state index in [2.05, 4.69) is 14.9 Å². The summed E-state index contributed by atoms with van der Waals surface area (Å²) in [6.45, 7) is 3.91. The highest BCUT2D eigenvalue weighted by atomic mass is 15.2. The van der Waals surface area contributed by atoms with Gasteiger partial charge in [0, 0.05) is 18.8 Å². The molecule has 5 nitrogen and oxygen atoms in total. The molecule has 5 heteroatoms. The lowest BCUT2D eigenvalue weighted by Crippen LogP contribution is -2.27. The predicted octanol–water partition coefficient (Wildman–Crippen LogP) is 1.45. The van der Waals surface area contributed by atoms with Crippen LogP contribution < -0.4 is 10.6 Å². The monoisotopic (exact) mass is 233 g/mol. The van der Waals surface area contributed by atoms with Crippen LogP contribution in [0.4, 0.5) is 5.95 Å². The molecule has 17 heavy (non-hydrogen) atoms. The van der Waals surface area contributed by atoms with E-state index in [9.17, 15) is 0 Å². The van der Waals surface area contributed by atoms with Crippen LogP contribution in [0.5, 0.6) is 0 Å². The van der Waals surface area contributed by atoms with Gasteiger partial charge in [0.25, 0.3) is 0 Å². The van der Waals surface area contributed by atoms with E-state index in [-0.39, 0.29) is 5.84 Å². The Bertz CT molecular complexity index is 407. The zero-order chi connectivity index (χ0) is 12.3. The highest BCUT2D eigenvalue weighted by Crippen LogP contribution is 2.16. The van der Waals surface area contributed by atoms with Gasteiger partial charge in [0.05, 0.1) is 0 Å². The van der Waals surface area contributed by atoms with Crippen molar-refractivity contribution in [2.45, 2.75) is 32.6 Å². The Labute approximate surface area is 102 Å². The summed E-state index contributed by atoms with van der Waals surface area (Å²) >= 11 is 0. The van der Waals surface area contributed by atoms with Crippen molar-refractivity contribution in [3.8, 4) is 0 Å². The van der Waals surface area contributed by atoms with E-state index >= 15 is 0 Å². The molecule has 1 aliphatic rings. The van der Waals surface area contributed by atoms with Crippen molar-refractivity contribution in [2.75, 3.05) is 18.0 Å². The van der Waals surface area contributed by atoms with Crippen LogP contribution in [0.2, 0.25) is 0 Å². The van der Waals surface area contributed by atoms with Crippen molar-refractivity contribution in [3.63, 3.8) is 0 Å². The van der Waals surface area contributed by atoms with Crippen molar-refractivity contribution in [1.82, 2.24) is 9.97 Å². The van der Waals surface area contributed by atoms with E-state index < -0.39 is 0 Å². The number of hydrogen-bond donors (Lipinski definition) is 2. The third-order valence-corrected chi connectivity index (χ3v) is 3.01. The summed E-state index contributed by atoms with van der Waals surface area (Å²) in [6, 6.07) is 1.75. The smallest absolute Gasteiger partial charge is 0.226 e. The molecule has 0 aliphatic carbocycles. The zero-order valence-corrected chi connectivity index (χ0v) is 10.2. The van der Waals surface area contributed by atoms with Crippen molar-refractivity contribution in [3.05, 3.63) is 17.5 Å². The van der Waals surface area contributed by atoms with Crippen molar-refractivity contribution in [1.29, 1.82) is 5.41 Å². The van der Waals surface area contributed by atoms with E-state index in [1.165, 1.54) is 25.7 Å². The van der Waals surface area contributed by atoms with Gasteiger partial charge in [0.2, 0.25) is 5.95 Å². The summed E-state index contributed by atoms with van der Waals surface area (Å²) in [6.07, 6.45) is 4.93. The summed E-state index contributed by atoms with van der Waals surface area (Å²) in [5.74, 6) is 0.726. The molecule has 1 fully saturated rings. The second-order valence-electron chi connectivity index (χ2n) is 4.51. The predicted molar refractivity (Wildman–Crippen MR) is 68.5 cm³/mol. The molecule has 92 valence electrons. The second-order valence-corrected chi connectivity index (χ2v) is 4.51. The minimum absolute atomic E-state index is 0.00609. The molecular weight excluding hydrogens is 214 g/mol. The molecule has 0 aromatic carbocycles. The molecule has 0 spiro atoms. The number of nitrogen functional groups attached to an aromatic ring is 1. The van der Waals surface area contributed by atoms with E-state index in [4.69, 9.17) is 11.1 Å². The Hall–Kier alpha value is -1.65. The number of anilines is 1. The molecule has 0 radical (unpaired) electrons. The maximum Gasteiger partial charge on any atom is 0.226 e. The fourth-order valence-electron chi connectivity index (χ4n) is 2.10. The van der Waals surface area contributed by atoms with Crippen LogP contribution in [-0.4, -0.2) is 28.9 Å². The fraction of sp³-hybridized carbons (Fsp3) is 0.583. The van der Waals surface area contributed by atoms with Gasteiger partial charge in [-0.3, -0.25) is 5.41 Å². The number of aromatic nitrogens is 2. The van der Waals surface area contributed by atoms with Gasteiger partial charge in [-0.15, -0.1) is 0 Å². The third-order valence-electron chi connectivity index (χ3n) is 3.01. The average molecular weight is 233 g/mol. The lowest BCUT2D eigenvalue weighted by atomic mass is 10.2. The van der Waals surface area contributed by atoms with E-state index in [1.807, 2.05) is 6.92 Å². The van der Waals surface area contributed by atoms with Crippen molar-refractivity contribution >= 4 is 11.8 Å². The molecule has 1 aromatic heterocycles. The van der Waals surface area contributed by atoms with Gasteiger partial charge in [-0.1, -0.05) is 12.8 Å². The van der Waals surface area contributed by atoms with Crippen LogP contribution in [0.25, 0.3) is 0 Å². The maximum atomic E-state index is 7.45. The van der Waals surface area contributed by atoms with Gasteiger partial charge in [0.15, 0.2) is 0 Å². The standard InChI is InChI=1S/C12H19N5/c1-9-8-10(11(13)14)16-12(15-9)17-6-4-2-3-5-7-17/h8H,2-7H2,1H3,(H3,13,14). The fourth-order valence-corrected chi connectivity index (χ4v) is 2.10. The van der Waals surface area contributed by atoms with Crippen LogP contribution in [0.1, 0.15) is 37.1 Å². The molecule has 1 saturated heterocycles. The molecule has 1 aromatic rings. The second kappa shape index (κ2) is 5.12. The highest BCUT2D eigenvalue weighted by molar-refractivity contribution is 5.93. The molecular formula is C12H19N5. The number of aryl methyl sites for hydroxylation is 1. The number of hydrogen-bond acceptors (Lipinski definition) is 4. The Morgan fingerprint density at radius 1 is 1.24 bits per heavy atom. The Balaban J connectivity index is 2.27. The van der Waals surface area contributed by atoms with Gasteiger partial charge in [-0.2, -0.15) is 0 Å². The first kappa shape index (κ1) is 11.8. The van der Waals surface area contributed by atoms with Crippen LogP contribution in [-0.2, 0) is 0 Å². The van der Waals surface area contributed by atoms with Gasteiger partial charge >= 0.3 is 0 Å². The van der Waals surface area contributed by atoms with Crippen LogP contribution in [0.15, 0.2) is 6.07 Å². The molecule has 2 heterocycles. The zero-order valence-electron chi connectivity index (χ0n) is 10.2. The van der Waals surface area contributed by atoms with Gasteiger partial charge in [-0.05, 0) is 25.8 Å². The van der Waals surface area contributed by atoms with Crippen LogP contribution >= 0.6 is 0 Å². The van der Waals surface area contributed by atoms with Crippen molar-refractivity contribution in [2.24, 2.45) is 5.73 Å². The van der Waals surface area contributed by atoms with Crippen LogP contribution in [0, 0.1) is 12.3 Å². The Morgan fingerprint density at radius 3 is 2.47 bits per heavy atom. The SMILES string of the molecule is Cc1cc(C(=N)N)nc(N2CCCCCC2)n1. The summed E-state index contributed by atoms with van der Waals surface area (Å²) in [4.78, 5) is 11.0. The number of amidine groups is 1. The summed E-state index contributed by atoms with van der Waals surface area (Å²) in [7, 11) is 0. The van der Waals surface area contributed by atoms with Gasteiger partial charge in [-0.25, -0.2) is 9.97 Å². The number of nitrogens with one attached hydrogen (secondary N) is 1. The Morgan fingerprint density at radius 2 is 1.88 bits per heavy atom. The molecule has 0 saturated carbocycles. The third kappa shape index (κ3) is 2.93. The molecule has 2 rings (SSSR count). The normalized spacial score (nSPS) is 16.6. The lowest BCUT2D eigenvalue weighted by molar-refractivity contribution is 0.726. The van der Waals surface area contributed by atoms with Gasteiger partial charge in [0.1, 0.15) is 11.5 Å². The lowest BCUT2D eigenvalue weighted by Gasteiger charge is -2.20. The first-order chi connectivity index (χ1) is 8.16. The van der Waals surface area contributed by atoms with E-state index in [0.29, 0.717) is 5.69 Å². The highest BCUT2D eigenvalue weighted by Gasteiger charge is 2.14. The minimum atomic E-state index is 0.00609. The average Bonchev–Trinajstić information content (AvgIpc) is 2.56. The first-order valence-corrected chi connectivity index (χ1v) is 6.12. The summed E-state index contributed by atoms with van der Waals surface area (Å²) in [5, 5.41) is 7.45. The quantitative estimate of drug-likeness (QED) is 0.598. The molecule has 0 amide bonds. The minimum Gasteiger partial charge on any atom is -0.382 e. The maximum absolute atomic E-state index is 7.45. The molecule has 0 bridgehead atoms. The molecule has 0 atom stereocenters. The molecule has 1 aliphatic heterocycles. The molecule has 3 N–H and O–H groups in total. The summed E-state index contributed by atoms with van der Waals surface area (Å²) in [5.41, 5.74) is 6.88. The number of rotatable bonds is 2. The van der Waals surface area contributed by atoms with Crippen molar-refractivity contribution < 1.29 is 0 Å². The van der Waals surface area contributed by atoms with Gasteiger partial charge < -0.3 is 10.6 Å². The molecule has 0 unspecified atom stereocenters. The summed E-state index contributed by atoms with van der Waals surface area (Å²) < 4.78 is 0. The largest absolute Gasteiger partial charge is 0.382 e. The Kier molecular flexibility index (Phi) is 3.56. The number of nitrogens with two attached hydrogens (primary N) is 1. The van der Waals surface area contributed by atoms with Crippen LogP contribution in [0.3, 0.4) is 0 Å².